The highest BCUT2D eigenvalue weighted by atomic mass is 16.5. The number of likely N-dealkylation sites (tertiary alicyclic amines) is 1. The number of nitrogens with one attached hydrogen (secondary N) is 1. The average Bonchev–Trinajstić information content (AvgIpc) is 2.74. The summed E-state index contributed by atoms with van der Waals surface area (Å²) in [4.78, 5) is 2.64. The van der Waals surface area contributed by atoms with E-state index in [2.05, 4.69) is 44.8 Å². The normalized spacial score (nSPS) is 24.0. The Hall–Kier alpha value is -0.120. The zero-order chi connectivity index (χ0) is 15.2. The summed E-state index contributed by atoms with van der Waals surface area (Å²) in [7, 11) is 1.82. The molecule has 1 saturated heterocycles. The van der Waals surface area contributed by atoms with Crippen molar-refractivity contribution < 1.29 is 4.74 Å². The van der Waals surface area contributed by atoms with E-state index < -0.39 is 0 Å². The maximum absolute atomic E-state index is 5.30. The van der Waals surface area contributed by atoms with Crippen LogP contribution in [0.2, 0.25) is 0 Å². The largest absolute Gasteiger partial charge is 0.384 e. The maximum Gasteiger partial charge on any atom is 0.0503 e. The SMILES string of the molecule is CCCC(C)(CNC(C)(C)C)CN1CCC(COC)C1. The summed E-state index contributed by atoms with van der Waals surface area (Å²) in [5.41, 5.74) is 0.586. The maximum atomic E-state index is 5.30. The van der Waals surface area contributed by atoms with Crippen LogP contribution in [-0.4, -0.2) is 50.3 Å². The van der Waals surface area contributed by atoms with Crippen molar-refractivity contribution >= 4 is 0 Å². The molecule has 1 aliphatic heterocycles. The molecule has 0 aromatic carbocycles. The van der Waals surface area contributed by atoms with E-state index in [1.807, 2.05) is 7.11 Å². The van der Waals surface area contributed by atoms with Crippen molar-refractivity contribution in [2.45, 2.75) is 59.4 Å². The van der Waals surface area contributed by atoms with Gasteiger partial charge in [-0.15, -0.1) is 0 Å². The Morgan fingerprint density at radius 1 is 1.25 bits per heavy atom. The minimum atomic E-state index is 0.207. The first-order chi connectivity index (χ1) is 9.28. The van der Waals surface area contributed by atoms with Gasteiger partial charge in [-0.25, -0.2) is 0 Å². The molecule has 0 amide bonds. The molecule has 0 radical (unpaired) electrons. The lowest BCUT2D eigenvalue weighted by atomic mass is 9.84. The van der Waals surface area contributed by atoms with Gasteiger partial charge in [-0.2, -0.15) is 0 Å². The Morgan fingerprint density at radius 3 is 2.50 bits per heavy atom. The van der Waals surface area contributed by atoms with E-state index in [9.17, 15) is 0 Å². The number of rotatable bonds is 8. The Balaban J connectivity index is 2.49. The topological polar surface area (TPSA) is 24.5 Å². The zero-order valence-corrected chi connectivity index (χ0v) is 14.6. The lowest BCUT2D eigenvalue weighted by Crippen LogP contribution is -2.47. The Morgan fingerprint density at radius 2 is 1.95 bits per heavy atom. The monoisotopic (exact) mass is 284 g/mol. The van der Waals surface area contributed by atoms with Crippen LogP contribution in [0.4, 0.5) is 0 Å². The van der Waals surface area contributed by atoms with Gasteiger partial charge in [-0.05, 0) is 51.5 Å². The molecule has 0 aromatic heterocycles. The van der Waals surface area contributed by atoms with Gasteiger partial charge in [0, 0.05) is 32.3 Å². The van der Waals surface area contributed by atoms with Gasteiger partial charge in [-0.3, -0.25) is 0 Å². The lowest BCUT2D eigenvalue weighted by molar-refractivity contribution is 0.134. The molecule has 1 heterocycles. The van der Waals surface area contributed by atoms with E-state index in [0.29, 0.717) is 5.41 Å². The molecule has 20 heavy (non-hydrogen) atoms. The Bertz CT molecular complexity index is 275. The standard InChI is InChI=1S/C17H36N2O/c1-7-9-17(5,13-18-16(2,3)4)14-19-10-8-15(11-19)12-20-6/h15,18H,7-14H2,1-6H3. The van der Waals surface area contributed by atoms with Gasteiger partial charge < -0.3 is 15.0 Å². The number of hydrogen-bond donors (Lipinski definition) is 1. The summed E-state index contributed by atoms with van der Waals surface area (Å²) in [6.07, 6.45) is 3.85. The summed E-state index contributed by atoms with van der Waals surface area (Å²) >= 11 is 0. The predicted molar refractivity (Wildman–Crippen MR) is 87.2 cm³/mol. The van der Waals surface area contributed by atoms with Crippen molar-refractivity contribution in [3.8, 4) is 0 Å². The van der Waals surface area contributed by atoms with Gasteiger partial charge in [-0.1, -0.05) is 20.3 Å². The molecule has 2 atom stereocenters. The van der Waals surface area contributed by atoms with Gasteiger partial charge in [0.05, 0.1) is 6.61 Å². The molecule has 0 saturated carbocycles. The minimum Gasteiger partial charge on any atom is -0.384 e. The summed E-state index contributed by atoms with van der Waals surface area (Å²) in [5.74, 6) is 0.737. The van der Waals surface area contributed by atoms with E-state index in [1.54, 1.807) is 0 Å². The van der Waals surface area contributed by atoms with Crippen LogP contribution < -0.4 is 5.32 Å². The number of nitrogens with zero attached hydrogens (tertiary/aromatic N) is 1. The number of methoxy groups -OCH3 is 1. The first-order valence-corrected chi connectivity index (χ1v) is 8.24. The fourth-order valence-corrected chi connectivity index (χ4v) is 3.27. The fraction of sp³-hybridized carbons (Fsp3) is 1.00. The fourth-order valence-electron chi connectivity index (χ4n) is 3.27. The zero-order valence-electron chi connectivity index (χ0n) is 14.6. The molecule has 1 fully saturated rings. The number of hydrogen-bond acceptors (Lipinski definition) is 3. The minimum absolute atomic E-state index is 0.207. The van der Waals surface area contributed by atoms with Crippen LogP contribution >= 0.6 is 0 Å². The van der Waals surface area contributed by atoms with Gasteiger partial charge in [0.15, 0.2) is 0 Å². The predicted octanol–water partition coefficient (Wildman–Crippen LogP) is 3.15. The van der Waals surface area contributed by atoms with Crippen LogP contribution in [0.15, 0.2) is 0 Å². The molecule has 0 aliphatic carbocycles. The van der Waals surface area contributed by atoms with E-state index in [1.165, 1.54) is 38.9 Å². The first-order valence-electron chi connectivity index (χ1n) is 8.24. The third kappa shape index (κ3) is 6.55. The summed E-state index contributed by atoms with van der Waals surface area (Å²) in [6, 6.07) is 0. The van der Waals surface area contributed by atoms with Gasteiger partial charge in [0.25, 0.3) is 0 Å². The summed E-state index contributed by atoms with van der Waals surface area (Å²) in [5, 5.41) is 3.71. The third-order valence-corrected chi connectivity index (χ3v) is 4.28. The second-order valence-electron chi connectivity index (χ2n) is 8.01. The highest BCUT2D eigenvalue weighted by Gasteiger charge is 2.31. The second-order valence-corrected chi connectivity index (χ2v) is 8.01. The molecular formula is C17H36N2O. The van der Waals surface area contributed by atoms with Crippen LogP contribution in [0.25, 0.3) is 0 Å². The number of ether oxygens (including phenoxy) is 1. The van der Waals surface area contributed by atoms with Crippen LogP contribution in [0, 0.1) is 11.3 Å². The van der Waals surface area contributed by atoms with Crippen molar-refractivity contribution in [1.29, 1.82) is 0 Å². The van der Waals surface area contributed by atoms with Crippen LogP contribution in [0.3, 0.4) is 0 Å². The molecule has 120 valence electrons. The molecule has 0 bridgehead atoms. The van der Waals surface area contributed by atoms with Crippen molar-refractivity contribution in [2.24, 2.45) is 11.3 Å². The van der Waals surface area contributed by atoms with Crippen LogP contribution in [0.5, 0.6) is 0 Å². The second kappa shape index (κ2) is 7.77. The molecule has 2 unspecified atom stereocenters. The molecular weight excluding hydrogens is 248 g/mol. The van der Waals surface area contributed by atoms with Crippen molar-refractivity contribution in [1.82, 2.24) is 10.2 Å². The van der Waals surface area contributed by atoms with Gasteiger partial charge in [0.1, 0.15) is 0 Å². The molecule has 1 aliphatic rings. The third-order valence-electron chi connectivity index (χ3n) is 4.28. The molecule has 3 nitrogen and oxygen atoms in total. The Kier molecular flexibility index (Phi) is 6.96. The van der Waals surface area contributed by atoms with Crippen molar-refractivity contribution in [3.05, 3.63) is 0 Å². The first kappa shape index (κ1) is 17.9. The molecule has 0 spiro atoms. The van der Waals surface area contributed by atoms with E-state index in [4.69, 9.17) is 4.74 Å². The highest BCUT2D eigenvalue weighted by Crippen LogP contribution is 2.28. The summed E-state index contributed by atoms with van der Waals surface area (Å²) in [6.45, 7) is 17.2. The molecule has 0 aromatic rings. The van der Waals surface area contributed by atoms with Crippen LogP contribution in [-0.2, 0) is 4.74 Å². The average molecular weight is 284 g/mol. The van der Waals surface area contributed by atoms with E-state index >= 15 is 0 Å². The molecule has 3 heteroatoms. The smallest absolute Gasteiger partial charge is 0.0503 e. The highest BCUT2D eigenvalue weighted by molar-refractivity contribution is 4.86. The summed E-state index contributed by atoms with van der Waals surface area (Å²) < 4.78 is 5.30. The van der Waals surface area contributed by atoms with Gasteiger partial charge >= 0.3 is 0 Å². The van der Waals surface area contributed by atoms with Gasteiger partial charge in [0.2, 0.25) is 0 Å². The van der Waals surface area contributed by atoms with Crippen molar-refractivity contribution in [2.75, 3.05) is 39.9 Å². The van der Waals surface area contributed by atoms with E-state index in [-0.39, 0.29) is 5.54 Å². The molecule has 1 N–H and O–H groups in total. The van der Waals surface area contributed by atoms with E-state index in [0.717, 1.165) is 19.1 Å². The quantitative estimate of drug-likeness (QED) is 0.741. The Labute approximate surface area is 126 Å². The molecule has 1 rings (SSSR count). The van der Waals surface area contributed by atoms with Crippen LogP contribution in [0.1, 0.15) is 53.9 Å². The lowest BCUT2D eigenvalue weighted by Gasteiger charge is -2.36. The van der Waals surface area contributed by atoms with Crippen molar-refractivity contribution in [3.63, 3.8) is 0 Å².